The van der Waals surface area contributed by atoms with Crippen LogP contribution in [0.1, 0.15) is 17.5 Å². The summed E-state index contributed by atoms with van der Waals surface area (Å²) in [6.45, 7) is 5.30. The summed E-state index contributed by atoms with van der Waals surface area (Å²) in [6.07, 6.45) is 0.926. The number of benzene rings is 1. The van der Waals surface area contributed by atoms with Gasteiger partial charge in [-0.3, -0.25) is 10.1 Å². The summed E-state index contributed by atoms with van der Waals surface area (Å²) in [7, 11) is -3.73. The van der Waals surface area contributed by atoms with E-state index in [9.17, 15) is 18.5 Å². The highest BCUT2D eigenvalue weighted by Gasteiger charge is 2.23. The second-order valence-electron chi connectivity index (χ2n) is 5.35. The highest BCUT2D eigenvalue weighted by atomic mass is 32.2. The highest BCUT2D eigenvalue weighted by molar-refractivity contribution is 7.89. The second-order valence-corrected chi connectivity index (χ2v) is 7.12. The molecule has 1 aromatic rings. The number of nitro groups is 1. The Morgan fingerprint density at radius 2 is 2.14 bits per heavy atom. The lowest BCUT2D eigenvalue weighted by Gasteiger charge is -2.12. The zero-order valence-electron chi connectivity index (χ0n) is 12.0. The Kier molecular flexibility index (Phi) is 4.60. The maximum atomic E-state index is 12.3. The van der Waals surface area contributed by atoms with Crippen molar-refractivity contribution in [2.75, 3.05) is 19.6 Å². The molecule has 2 N–H and O–H groups in total. The van der Waals surface area contributed by atoms with Gasteiger partial charge in [-0.1, -0.05) is 0 Å². The molecule has 7 nitrogen and oxygen atoms in total. The van der Waals surface area contributed by atoms with Gasteiger partial charge < -0.3 is 5.32 Å². The predicted octanol–water partition coefficient (Wildman–Crippen LogP) is 1.10. The van der Waals surface area contributed by atoms with Crippen molar-refractivity contribution >= 4 is 15.7 Å². The lowest BCUT2D eigenvalue weighted by molar-refractivity contribution is -0.385. The normalized spacial score (nSPS) is 18.9. The van der Waals surface area contributed by atoms with Crippen LogP contribution < -0.4 is 10.0 Å². The summed E-state index contributed by atoms with van der Waals surface area (Å²) < 4.78 is 27.1. The Hall–Kier alpha value is -1.51. The van der Waals surface area contributed by atoms with Crippen molar-refractivity contribution in [3.63, 3.8) is 0 Å². The molecular formula is C13H19N3O4S. The summed E-state index contributed by atoms with van der Waals surface area (Å²) in [5, 5.41) is 14.2. The number of hydrogen-bond acceptors (Lipinski definition) is 5. The van der Waals surface area contributed by atoms with Crippen LogP contribution >= 0.6 is 0 Å². The van der Waals surface area contributed by atoms with Crippen molar-refractivity contribution < 1.29 is 13.3 Å². The van der Waals surface area contributed by atoms with Gasteiger partial charge in [-0.25, -0.2) is 13.1 Å². The number of nitro benzene ring substituents is 1. The lowest BCUT2D eigenvalue weighted by Crippen LogP contribution is -2.30. The van der Waals surface area contributed by atoms with Crippen LogP contribution in [0.3, 0.4) is 0 Å². The van der Waals surface area contributed by atoms with E-state index in [0.717, 1.165) is 25.6 Å². The van der Waals surface area contributed by atoms with Crippen LogP contribution in [0, 0.1) is 29.9 Å². The molecule has 1 saturated heterocycles. The minimum Gasteiger partial charge on any atom is -0.316 e. The van der Waals surface area contributed by atoms with Crippen molar-refractivity contribution in [3.8, 4) is 0 Å². The van der Waals surface area contributed by atoms with Crippen molar-refractivity contribution in [2.24, 2.45) is 5.92 Å². The Bertz CT molecular complexity index is 652. The Balaban J connectivity index is 2.24. The Labute approximate surface area is 123 Å². The zero-order chi connectivity index (χ0) is 15.6. The first-order chi connectivity index (χ1) is 9.81. The molecule has 1 aliphatic heterocycles. The Morgan fingerprint density at radius 1 is 1.43 bits per heavy atom. The molecule has 1 fully saturated rings. The summed E-state index contributed by atoms with van der Waals surface area (Å²) in [5.74, 6) is 0.265. The van der Waals surface area contributed by atoms with E-state index in [1.807, 2.05) is 0 Å². The average Bonchev–Trinajstić information content (AvgIpc) is 2.92. The van der Waals surface area contributed by atoms with Gasteiger partial charge in [0, 0.05) is 18.2 Å². The Morgan fingerprint density at radius 3 is 2.71 bits per heavy atom. The fraction of sp³-hybridized carbons (Fsp3) is 0.538. The minimum atomic E-state index is -3.73. The number of rotatable bonds is 5. The minimum absolute atomic E-state index is 0.0525. The first-order valence-corrected chi connectivity index (χ1v) is 8.25. The van der Waals surface area contributed by atoms with Gasteiger partial charge in [-0.05, 0) is 50.9 Å². The van der Waals surface area contributed by atoms with E-state index >= 15 is 0 Å². The van der Waals surface area contributed by atoms with E-state index < -0.39 is 14.9 Å². The van der Waals surface area contributed by atoms with Gasteiger partial charge in [0.2, 0.25) is 10.0 Å². The zero-order valence-corrected chi connectivity index (χ0v) is 12.9. The number of nitrogens with one attached hydrogen (secondary N) is 2. The fourth-order valence-electron chi connectivity index (χ4n) is 2.35. The maximum absolute atomic E-state index is 12.3. The van der Waals surface area contributed by atoms with E-state index in [-0.39, 0.29) is 16.5 Å². The van der Waals surface area contributed by atoms with Crippen LogP contribution in [-0.2, 0) is 10.0 Å². The predicted molar refractivity (Wildman–Crippen MR) is 78.7 cm³/mol. The lowest BCUT2D eigenvalue weighted by atomic mass is 10.1. The first-order valence-electron chi connectivity index (χ1n) is 6.77. The van der Waals surface area contributed by atoms with Gasteiger partial charge in [0.25, 0.3) is 5.69 Å². The molecule has 0 spiro atoms. The quantitative estimate of drug-likeness (QED) is 0.626. The molecule has 0 amide bonds. The SMILES string of the molecule is Cc1cc(S(=O)(=O)NCC2CCNC2)cc([N+](=O)[O-])c1C. The smallest absolute Gasteiger partial charge is 0.273 e. The number of aryl methyl sites for hydroxylation is 1. The third-order valence-corrected chi connectivity index (χ3v) is 5.25. The number of nitrogens with zero attached hydrogens (tertiary/aromatic N) is 1. The summed E-state index contributed by atoms with van der Waals surface area (Å²) in [6, 6.07) is 2.59. The summed E-state index contributed by atoms with van der Waals surface area (Å²) in [4.78, 5) is 10.4. The van der Waals surface area contributed by atoms with Crippen LogP contribution in [0.25, 0.3) is 0 Å². The topological polar surface area (TPSA) is 101 Å². The molecule has 0 aliphatic carbocycles. The third-order valence-electron chi connectivity index (χ3n) is 3.84. The molecule has 116 valence electrons. The van der Waals surface area contributed by atoms with Gasteiger partial charge in [-0.2, -0.15) is 0 Å². The molecule has 21 heavy (non-hydrogen) atoms. The van der Waals surface area contributed by atoms with E-state index in [4.69, 9.17) is 0 Å². The van der Waals surface area contributed by atoms with E-state index in [0.29, 0.717) is 17.7 Å². The van der Waals surface area contributed by atoms with Crippen LogP contribution in [0.4, 0.5) is 5.69 Å². The molecule has 1 unspecified atom stereocenters. The first kappa shape index (κ1) is 15.9. The molecule has 8 heteroatoms. The molecule has 1 aliphatic rings. The maximum Gasteiger partial charge on any atom is 0.273 e. The molecule has 0 bridgehead atoms. The molecule has 0 aromatic heterocycles. The third kappa shape index (κ3) is 3.58. The van der Waals surface area contributed by atoms with Gasteiger partial charge in [0.1, 0.15) is 0 Å². The molecule has 2 rings (SSSR count). The van der Waals surface area contributed by atoms with Crippen molar-refractivity contribution in [2.45, 2.75) is 25.2 Å². The molecule has 1 aromatic carbocycles. The van der Waals surface area contributed by atoms with E-state index in [2.05, 4.69) is 10.0 Å². The molecule has 0 saturated carbocycles. The van der Waals surface area contributed by atoms with Crippen molar-refractivity contribution in [3.05, 3.63) is 33.4 Å². The van der Waals surface area contributed by atoms with E-state index in [1.54, 1.807) is 13.8 Å². The van der Waals surface area contributed by atoms with Crippen molar-refractivity contribution in [1.82, 2.24) is 10.0 Å². The molecule has 1 atom stereocenters. The molecule has 1 heterocycles. The van der Waals surface area contributed by atoms with Crippen LogP contribution in [-0.4, -0.2) is 33.0 Å². The average molecular weight is 313 g/mol. The van der Waals surface area contributed by atoms with Crippen LogP contribution in [0.5, 0.6) is 0 Å². The highest BCUT2D eigenvalue weighted by Crippen LogP contribution is 2.25. The second kappa shape index (κ2) is 6.08. The summed E-state index contributed by atoms with van der Waals surface area (Å²) in [5.41, 5.74) is 0.906. The molecular weight excluding hydrogens is 294 g/mol. The standard InChI is InChI=1S/C13H19N3O4S/c1-9-5-12(6-13(10(9)2)16(17)18)21(19,20)15-8-11-3-4-14-7-11/h5-6,11,14-15H,3-4,7-8H2,1-2H3. The largest absolute Gasteiger partial charge is 0.316 e. The van der Waals surface area contributed by atoms with Crippen LogP contribution in [0.15, 0.2) is 17.0 Å². The number of sulfonamides is 1. The molecule has 0 radical (unpaired) electrons. The van der Waals surface area contributed by atoms with Gasteiger partial charge >= 0.3 is 0 Å². The monoisotopic (exact) mass is 313 g/mol. The van der Waals surface area contributed by atoms with E-state index in [1.165, 1.54) is 6.07 Å². The van der Waals surface area contributed by atoms with Gasteiger partial charge in [-0.15, -0.1) is 0 Å². The van der Waals surface area contributed by atoms with Gasteiger partial charge in [0.15, 0.2) is 0 Å². The summed E-state index contributed by atoms with van der Waals surface area (Å²) >= 11 is 0. The van der Waals surface area contributed by atoms with Gasteiger partial charge in [0.05, 0.1) is 9.82 Å². The fourth-order valence-corrected chi connectivity index (χ4v) is 3.57. The van der Waals surface area contributed by atoms with Crippen LogP contribution in [0.2, 0.25) is 0 Å². The number of hydrogen-bond donors (Lipinski definition) is 2. The van der Waals surface area contributed by atoms with Crippen molar-refractivity contribution in [1.29, 1.82) is 0 Å².